The van der Waals surface area contributed by atoms with Gasteiger partial charge >= 0.3 is 0 Å². The fourth-order valence-corrected chi connectivity index (χ4v) is 3.16. The molecule has 150 valence electrons. The molecule has 0 aliphatic carbocycles. The van der Waals surface area contributed by atoms with Crippen LogP contribution in [0.2, 0.25) is 0 Å². The Kier molecular flexibility index (Phi) is 5.17. The molecule has 0 radical (unpaired) electrons. The van der Waals surface area contributed by atoms with Crippen molar-refractivity contribution in [3.8, 4) is 17.2 Å². The first kappa shape index (κ1) is 19.2. The van der Waals surface area contributed by atoms with E-state index in [0.29, 0.717) is 34.1 Å². The van der Waals surface area contributed by atoms with Crippen LogP contribution in [0.15, 0.2) is 72.8 Å². The summed E-state index contributed by atoms with van der Waals surface area (Å²) in [5.74, 6) is 0.344. The molecule has 0 fully saturated rings. The average Bonchev–Trinajstić information content (AvgIpc) is 3.00. The van der Waals surface area contributed by atoms with Gasteiger partial charge in [0.1, 0.15) is 12.3 Å². The minimum absolute atomic E-state index is 0.313. The van der Waals surface area contributed by atoms with Crippen LogP contribution in [0.1, 0.15) is 20.7 Å². The van der Waals surface area contributed by atoms with E-state index in [2.05, 4.69) is 5.32 Å². The number of carbonyl (C=O) groups excluding carboxylic acids is 3. The van der Waals surface area contributed by atoms with Crippen molar-refractivity contribution in [2.45, 2.75) is 0 Å². The summed E-state index contributed by atoms with van der Waals surface area (Å²) in [4.78, 5) is 38.0. The third kappa shape index (κ3) is 3.73. The van der Waals surface area contributed by atoms with Crippen molar-refractivity contribution in [3.05, 3.63) is 83.9 Å². The zero-order valence-electron chi connectivity index (χ0n) is 16.1. The standard InChI is InChI=1S/C23H18N2O5/c1-29-19-8-4-5-9-20(19)30-16-12-10-15(11-13-16)24-21(26)14-25-22(27)17-6-2-3-7-18(17)23(25)28/h2-13H,14H2,1H3,(H,24,26). The summed E-state index contributed by atoms with van der Waals surface area (Å²) in [6.07, 6.45) is 0. The first-order valence-electron chi connectivity index (χ1n) is 9.23. The first-order chi connectivity index (χ1) is 14.6. The molecule has 1 aliphatic heterocycles. The highest BCUT2D eigenvalue weighted by molar-refractivity contribution is 6.22. The average molecular weight is 402 g/mol. The van der Waals surface area contributed by atoms with Crippen LogP contribution in [0, 0.1) is 0 Å². The maximum Gasteiger partial charge on any atom is 0.262 e. The van der Waals surface area contributed by atoms with Gasteiger partial charge in [-0.2, -0.15) is 0 Å². The molecule has 1 N–H and O–H groups in total. The first-order valence-corrected chi connectivity index (χ1v) is 9.23. The van der Waals surface area contributed by atoms with E-state index >= 15 is 0 Å². The van der Waals surface area contributed by atoms with Crippen LogP contribution in [0.25, 0.3) is 0 Å². The highest BCUT2D eigenvalue weighted by Crippen LogP contribution is 2.31. The van der Waals surface area contributed by atoms with Gasteiger partial charge in [-0.15, -0.1) is 0 Å². The van der Waals surface area contributed by atoms with Crippen molar-refractivity contribution in [2.24, 2.45) is 0 Å². The number of rotatable bonds is 6. The van der Waals surface area contributed by atoms with E-state index < -0.39 is 17.7 Å². The zero-order chi connectivity index (χ0) is 21.1. The molecule has 0 saturated heterocycles. The molecule has 7 nitrogen and oxygen atoms in total. The minimum Gasteiger partial charge on any atom is -0.493 e. The predicted octanol–water partition coefficient (Wildman–Crippen LogP) is 3.72. The number of anilines is 1. The summed E-state index contributed by atoms with van der Waals surface area (Å²) in [5.41, 5.74) is 1.14. The molecule has 1 aliphatic rings. The van der Waals surface area contributed by atoms with Crippen molar-refractivity contribution >= 4 is 23.4 Å². The molecule has 1 heterocycles. The number of amides is 3. The van der Waals surface area contributed by atoms with Gasteiger partial charge in [-0.1, -0.05) is 24.3 Å². The SMILES string of the molecule is COc1ccccc1Oc1ccc(NC(=O)CN2C(=O)c3ccccc3C2=O)cc1. The molecule has 0 spiro atoms. The molecule has 0 aromatic heterocycles. The van der Waals surface area contributed by atoms with Crippen LogP contribution in [-0.4, -0.2) is 36.3 Å². The van der Waals surface area contributed by atoms with E-state index in [1.54, 1.807) is 67.8 Å². The van der Waals surface area contributed by atoms with Gasteiger partial charge in [0.05, 0.1) is 18.2 Å². The molecule has 3 amide bonds. The highest BCUT2D eigenvalue weighted by Gasteiger charge is 2.36. The fourth-order valence-electron chi connectivity index (χ4n) is 3.16. The molecule has 4 rings (SSSR count). The van der Waals surface area contributed by atoms with Crippen molar-refractivity contribution in [2.75, 3.05) is 19.0 Å². The Balaban J connectivity index is 1.39. The lowest BCUT2D eigenvalue weighted by Gasteiger charge is -2.14. The Morgan fingerprint density at radius 2 is 1.40 bits per heavy atom. The normalized spacial score (nSPS) is 12.5. The number of fused-ring (bicyclic) bond motifs is 1. The molecule has 7 heteroatoms. The molecule has 0 unspecified atom stereocenters. The summed E-state index contributed by atoms with van der Waals surface area (Å²) in [6, 6.07) is 20.5. The van der Waals surface area contributed by atoms with E-state index in [-0.39, 0.29) is 6.54 Å². The Bertz CT molecular complexity index is 1090. The zero-order valence-corrected chi connectivity index (χ0v) is 16.1. The van der Waals surface area contributed by atoms with Crippen LogP contribution in [-0.2, 0) is 4.79 Å². The van der Waals surface area contributed by atoms with Gasteiger partial charge in [-0.25, -0.2) is 0 Å². The van der Waals surface area contributed by atoms with Gasteiger partial charge in [0.25, 0.3) is 11.8 Å². The van der Waals surface area contributed by atoms with E-state index in [0.717, 1.165) is 4.90 Å². The summed E-state index contributed by atoms with van der Waals surface area (Å²) >= 11 is 0. The number of para-hydroxylation sites is 2. The van der Waals surface area contributed by atoms with Crippen molar-refractivity contribution in [1.29, 1.82) is 0 Å². The summed E-state index contributed by atoms with van der Waals surface area (Å²) < 4.78 is 11.1. The molecule has 0 bridgehead atoms. The fraction of sp³-hybridized carbons (Fsp3) is 0.0870. The van der Waals surface area contributed by atoms with Gasteiger partial charge in [-0.3, -0.25) is 19.3 Å². The van der Waals surface area contributed by atoms with Crippen LogP contribution < -0.4 is 14.8 Å². The summed E-state index contributed by atoms with van der Waals surface area (Å²) in [5, 5.41) is 2.69. The van der Waals surface area contributed by atoms with Gasteiger partial charge in [0, 0.05) is 5.69 Å². The van der Waals surface area contributed by atoms with Gasteiger partial charge < -0.3 is 14.8 Å². The molecule has 3 aromatic carbocycles. The number of methoxy groups -OCH3 is 1. The number of hydrogen-bond acceptors (Lipinski definition) is 5. The number of ether oxygens (including phenoxy) is 2. The van der Waals surface area contributed by atoms with Crippen LogP contribution in [0.4, 0.5) is 5.69 Å². The minimum atomic E-state index is -0.470. The second kappa shape index (κ2) is 8.08. The molecule has 0 saturated carbocycles. The Morgan fingerprint density at radius 1 is 0.833 bits per heavy atom. The second-order valence-corrected chi connectivity index (χ2v) is 6.57. The number of imide groups is 1. The number of nitrogens with zero attached hydrogens (tertiary/aromatic N) is 1. The Labute approximate surface area is 172 Å². The summed E-state index contributed by atoms with van der Waals surface area (Å²) in [6.45, 7) is -0.355. The third-order valence-corrected chi connectivity index (χ3v) is 4.61. The van der Waals surface area contributed by atoms with E-state index in [4.69, 9.17) is 9.47 Å². The van der Waals surface area contributed by atoms with E-state index in [9.17, 15) is 14.4 Å². The van der Waals surface area contributed by atoms with Gasteiger partial charge in [0.15, 0.2) is 11.5 Å². The Morgan fingerprint density at radius 3 is 2.00 bits per heavy atom. The third-order valence-electron chi connectivity index (χ3n) is 4.61. The maximum atomic E-state index is 12.4. The largest absolute Gasteiger partial charge is 0.493 e. The molecule has 30 heavy (non-hydrogen) atoms. The lowest BCUT2D eigenvalue weighted by Crippen LogP contribution is -2.37. The number of hydrogen-bond donors (Lipinski definition) is 1. The van der Waals surface area contributed by atoms with Crippen molar-refractivity contribution < 1.29 is 23.9 Å². The predicted molar refractivity (Wildman–Crippen MR) is 110 cm³/mol. The van der Waals surface area contributed by atoms with E-state index in [1.807, 2.05) is 12.1 Å². The highest BCUT2D eigenvalue weighted by atomic mass is 16.5. The number of benzene rings is 3. The quantitative estimate of drug-likeness (QED) is 0.635. The van der Waals surface area contributed by atoms with Crippen molar-refractivity contribution in [3.63, 3.8) is 0 Å². The number of carbonyl (C=O) groups is 3. The van der Waals surface area contributed by atoms with E-state index in [1.165, 1.54) is 0 Å². The maximum absolute atomic E-state index is 12.4. The topological polar surface area (TPSA) is 84.9 Å². The summed E-state index contributed by atoms with van der Waals surface area (Å²) in [7, 11) is 1.56. The molecule has 0 atom stereocenters. The smallest absolute Gasteiger partial charge is 0.262 e. The number of nitrogens with one attached hydrogen (secondary N) is 1. The van der Waals surface area contributed by atoms with Crippen LogP contribution in [0.3, 0.4) is 0 Å². The monoisotopic (exact) mass is 402 g/mol. The lowest BCUT2D eigenvalue weighted by molar-refractivity contribution is -0.116. The Hall–Kier alpha value is -4.13. The van der Waals surface area contributed by atoms with Crippen LogP contribution in [0.5, 0.6) is 17.2 Å². The van der Waals surface area contributed by atoms with Gasteiger partial charge in [0.2, 0.25) is 5.91 Å². The lowest BCUT2D eigenvalue weighted by atomic mass is 10.1. The second-order valence-electron chi connectivity index (χ2n) is 6.57. The molecule has 3 aromatic rings. The van der Waals surface area contributed by atoms with Crippen molar-refractivity contribution in [1.82, 2.24) is 4.90 Å². The molecular formula is C23H18N2O5. The van der Waals surface area contributed by atoms with Gasteiger partial charge in [-0.05, 0) is 48.5 Å². The van der Waals surface area contributed by atoms with Crippen LogP contribution >= 0.6 is 0 Å². The molecular weight excluding hydrogens is 384 g/mol.